The van der Waals surface area contributed by atoms with E-state index >= 15 is 0 Å². The Morgan fingerprint density at radius 1 is 1.19 bits per heavy atom. The zero-order valence-corrected chi connectivity index (χ0v) is 10.2. The molecule has 0 amide bonds. The number of rotatable bonds is 4. The molecule has 2 rings (SSSR count). The van der Waals surface area contributed by atoms with E-state index in [0.717, 1.165) is 42.8 Å². The Bertz CT molecular complexity index is 306. The summed E-state index contributed by atoms with van der Waals surface area (Å²) in [5, 5.41) is 4.13. The molecule has 1 aromatic carbocycles. The van der Waals surface area contributed by atoms with E-state index in [1.807, 2.05) is 24.3 Å². The zero-order chi connectivity index (χ0) is 11.2. The lowest BCUT2D eigenvalue weighted by Crippen LogP contribution is -2.28. The highest BCUT2D eigenvalue weighted by atomic mass is 35.5. The molecule has 88 valence electrons. The lowest BCUT2D eigenvalue weighted by Gasteiger charge is -2.22. The molecule has 1 aliphatic rings. The second kappa shape index (κ2) is 6.12. The Balaban J connectivity index is 1.69. The van der Waals surface area contributed by atoms with Gasteiger partial charge in [-0.2, -0.15) is 0 Å². The quantitative estimate of drug-likeness (QED) is 0.872. The lowest BCUT2D eigenvalue weighted by molar-refractivity contribution is 0.252. The van der Waals surface area contributed by atoms with E-state index in [0.29, 0.717) is 0 Å². The van der Waals surface area contributed by atoms with E-state index in [-0.39, 0.29) is 0 Å². The molecule has 16 heavy (non-hydrogen) atoms. The van der Waals surface area contributed by atoms with Crippen LogP contribution in [0.1, 0.15) is 19.3 Å². The van der Waals surface area contributed by atoms with Crippen LogP contribution in [0, 0.1) is 5.92 Å². The fraction of sp³-hybridized carbons (Fsp3) is 0.538. The van der Waals surface area contributed by atoms with Crippen molar-refractivity contribution in [2.24, 2.45) is 5.92 Å². The van der Waals surface area contributed by atoms with Gasteiger partial charge in [0.15, 0.2) is 0 Å². The maximum absolute atomic E-state index is 5.80. The van der Waals surface area contributed by atoms with Crippen LogP contribution in [0.4, 0.5) is 0 Å². The second-order valence-corrected chi connectivity index (χ2v) is 4.72. The summed E-state index contributed by atoms with van der Waals surface area (Å²) < 4.78 is 5.68. The lowest BCUT2D eigenvalue weighted by atomic mass is 9.95. The molecule has 3 heteroatoms. The van der Waals surface area contributed by atoms with Crippen molar-refractivity contribution >= 4 is 11.6 Å². The third-order valence-corrected chi connectivity index (χ3v) is 3.32. The van der Waals surface area contributed by atoms with E-state index in [1.165, 1.54) is 12.8 Å². The smallest absolute Gasteiger partial charge is 0.119 e. The highest BCUT2D eigenvalue weighted by Gasteiger charge is 2.12. The first-order chi connectivity index (χ1) is 7.84. The minimum atomic E-state index is 0.755. The molecule has 0 unspecified atom stereocenters. The van der Waals surface area contributed by atoms with Gasteiger partial charge in [0.1, 0.15) is 5.75 Å². The fourth-order valence-corrected chi connectivity index (χ4v) is 2.17. The number of hydrogen-bond donors (Lipinski definition) is 1. The van der Waals surface area contributed by atoms with Crippen molar-refractivity contribution in [1.82, 2.24) is 5.32 Å². The Hall–Kier alpha value is -0.730. The van der Waals surface area contributed by atoms with Crippen LogP contribution < -0.4 is 10.1 Å². The normalized spacial score (nSPS) is 17.3. The van der Waals surface area contributed by atoms with Gasteiger partial charge in [-0.25, -0.2) is 0 Å². The molecule has 0 saturated carbocycles. The van der Waals surface area contributed by atoms with E-state index in [4.69, 9.17) is 16.3 Å². The molecule has 2 nitrogen and oxygen atoms in total. The summed E-state index contributed by atoms with van der Waals surface area (Å²) in [6.07, 6.45) is 3.72. The van der Waals surface area contributed by atoms with E-state index < -0.39 is 0 Å². The summed E-state index contributed by atoms with van der Waals surface area (Å²) in [6.45, 7) is 3.13. The van der Waals surface area contributed by atoms with Gasteiger partial charge in [0.25, 0.3) is 0 Å². The van der Waals surface area contributed by atoms with Crippen molar-refractivity contribution in [2.45, 2.75) is 19.3 Å². The molecule has 1 aliphatic heterocycles. The molecule has 1 heterocycles. The van der Waals surface area contributed by atoms with Gasteiger partial charge in [0.2, 0.25) is 0 Å². The first kappa shape index (κ1) is 11.7. The van der Waals surface area contributed by atoms with Gasteiger partial charge in [0.05, 0.1) is 6.61 Å². The van der Waals surface area contributed by atoms with E-state index in [9.17, 15) is 0 Å². The van der Waals surface area contributed by atoms with Crippen LogP contribution in [0.15, 0.2) is 24.3 Å². The summed E-state index contributed by atoms with van der Waals surface area (Å²) in [5.74, 6) is 1.74. The van der Waals surface area contributed by atoms with Crippen molar-refractivity contribution < 1.29 is 4.74 Å². The molecule has 0 atom stereocenters. The summed E-state index contributed by atoms with van der Waals surface area (Å²) in [6, 6.07) is 7.57. The average Bonchev–Trinajstić information content (AvgIpc) is 2.33. The zero-order valence-electron chi connectivity index (χ0n) is 9.42. The van der Waals surface area contributed by atoms with Crippen molar-refractivity contribution in [1.29, 1.82) is 0 Å². The van der Waals surface area contributed by atoms with Crippen LogP contribution in [-0.4, -0.2) is 19.7 Å². The Morgan fingerprint density at radius 2 is 1.88 bits per heavy atom. The first-order valence-electron chi connectivity index (χ1n) is 5.94. The largest absolute Gasteiger partial charge is 0.494 e. The molecule has 1 saturated heterocycles. The van der Waals surface area contributed by atoms with Crippen molar-refractivity contribution in [3.05, 3.63) is 29.3 Å². The molecular formula is C13H18ClNO. The second-order valence-electron chi connectivity index (χ2n) is 4.28. The van der Waals surface area contributed by atoms with E-state index in [2.05, 4.69) is 5.32 Å². The topological polar surface area (TPSA) is 21.3 Å². The van der Waals surface area contributed by atoms with Crippen LogP contribution >= 0.6 is 11.6 Å². The summed E-state index contributed by atoms with van der Waals surface area (Å²) in [4.78, 5) is 0. The predicted molar refractivity (Wildman–Crippen MR) is 67.2 cm³/mol. The van der Waals surface area contributed by atoms with Crippen LogP contribution in [0.5, 0.6) is 5.75 Å². The van der Waals surface area contributed by atoms with Crippen LogP contribution in [0.2, 0.25) is 5.02 Å². The Labute approximate surface area is 102 Å². The van der Waals surface area contributed by atoms with Crippen LogP contribution in [-0.2, 0) is 0 Å². The highest BCUT2D eigenvalue weighted by Crippen LogP contribution is 2.18. The van der Waals surface area contributed by atoms with Gasteiger partial charge < -0.3 is 10.1 Å². The maximum atomic E-state index is 5.80. The summed E-state index contributed by atoms with van der Waals surface area (Å²) >= 11 is 5.80. The minimum Gasteiger partial charge on any atom is -0.494 e. The third kappa shape index (κ3) is 3.69. The molecule has 0 aromatic heterocycles. The fourth-order valence-electron chi connectivity index (χ4n) is 2.04. The van der Waals surface area contributed by atoms with Crippen LogP contribution in [0.3, 0.4) is 0 Å². The molecule has 1 fully saturated rings. The summed E-state index contributed by atoms with van der Waals surface area (Å²) in [7, 11) is 0. The van der Waals surface area contributed by atoms with Gasteiger partial charge in [-0.15, -0.1) is 0 Å². The standard InChI is InChI=1S/C13H18ClNO/c14-12-1-3-13(4-2-12)16-10-7-11-5-8-15-9-6-11/h1-4,11,15H,5-10H2. The number of piperidine rings is 1. The first-order valence-corrected chi connectivity index (χ1v) is 6.31. The molecule has 0 spiro atoms. The van der Waals surface area contributed by atoms with Crippen molar-refractivity contribution in [3.63, 3.8) is 0 Å². The molecule has 0 aliphatic carbocycles. The highest BCUT2D eigenvalue weighted by molar-refractivity contribution is 6.30. The SMILES string of the molecule is Clc1ccc(OCCC2CCNCC2)cc1. The van der Waals surface area contributed by atoms with Gasteiger partial charge in [0, 0.05) is 5.02 Å². The van der Waals surface area contributed by atoms with Crippen molar-refractivity contribution in [2.75, 3.05) is 19.7 Å². The molecule has 0 bridgehead atoms. The number of ether oxygens (including phenoxy) is 1. The Morgan fingerprint density at radius 3 is 2.56 bits per heavy atom. The van der Waals surface area contributed by atoms with Gasteiger partial charge in [-0.3, -0.25) is 0 Å². The number of hydrogen-bond acceptors (Lipinski definition) is 2. The van der Waals surface area contributed by atoms with E-state index in [1.54, 1.807) is 0 Å². The van der Waals surface area contributed by atoms with Crippen molar-refractivity contribution in [3.8, 4) is 5.75 Å². The Kier molecular flexibility index (Phi) is 4.49. The summed E-state index contributed by atoms with van der Waals surface area (Å²) in [5.41, 5.74) is 0. The number of halogens is 1. The number of nitrogens with one attached hydrogen (secondary N) is 1. The maximum Gasteiger partial charge on any atom is 0.119 e. The minimum absolute atomic E-state index is 0.755. The number of benzene rings is 1. The predicted octanol–water partition coefficient (Wildman–Crippen LogP) is 3.11. The molecule has 0 radical (unpaired) electrons. The van der Waals surface area contributed by atoms with Crippen LogP contribution in [0.25, 0.3) is 0 Å². The average molecular weight is 240 g/mol. The molecule has 1 N–H and O–H groups in total. The van der Waals surface area contributed by atoms with Gasteiger partial charge >= 0.3 is 0 Å². The van der Waals surface area contributed by atoms with Gasteiger partial charge in [-0.1, -0.05) is 11.6 Å². The van der Waals surface area contributed by atoms with Gasteiger partial charge in [-0.05, 0) is 62.5 Å². The molecule has 1 aromatic rings. The molecular weight excluding hydrogens is 222 g/mol. The third-order valence-electron chi connectivity index (χ3n) is 3.07. The monoisotopic (exact) mass is 239 g/mol.